The summed E-state index contributed by atoms with van der Waals surface area (Å²) in [6.07, 6.45) is 7.08. The molecule has 1 fully saturated rings. The molecule has 0 atom stereocenters. The van der Waals surface area contributed by atoms with Gasteiger partial charge in [-0.25, -0.2) is 0 Å². The van der Waals surface area contributed by atoms with Crippen molar-refractivity contribution in [1.29, 1.82) is 0 Å². The Hall–Kier alpha value is -2.04. The lowest BCUT2D eigenvalue weighted by atomic mass is 9.90. The average Bonchev–Trinajstić information content (AvgIpc) is 2.69. The third-order valence-electron chi connectivity index (χ3n) is 4.52. The number of allylic oxidation sites excluding steroid dienone is 3. The zero-order valence-corrected chi connectivity index (χ0v) is 15.8. The molecule has 2 rings (SSSR count). The van der Waals surface area contributed by atoms with Crippen molar-refractivity contribution in [3.63, 3.8) is 0 Å². The molecule has 0 spiro atoms. The van der Waals surface area contributed by atoms with Crippen molar-refractivity contribution in [1.82, 2.24) is 5.32 Å². The number of ether oxygens (including phenoxy) is 3. The highest BCUT2D eigenvalue weighted by atomic mass is 16.5. The summed E-state index contributed by atoms with van der Waals surface area (Å²) in [4.78, 5) is 0. The minimum atomic E-state index is 0.543. The smallest absolute Gasteiger partial charge is 0.124 e. The quantitative estimate of drug-likeness (QED) is 0.365. The van der Waals surface area contributed by atoms with Crippen molar-refractivity contribution in [3.8, 4) is 5.75 Å². The highest BCUT2D eigenvalue weighted by Crippen LogP contribution is 2.21. The van der Waals surface area contributed by atoms with E-state index in [-0.39, 0.29) is 0 Å². The predicted octanol–water partition coefficient (Wildman–Crippen LogP) is 4.24. The van der Waals surface area contributed by atoms with Crippen LogP contribution in [-0.2, 0) is 16.1 Å². The van der Waals surface area contributed by atoms with E-state index < -0.39 is 0 Å². The van der Waals surface area contributed by atoms with Gasteiger partial charge in [-0.3, -0.25) is 0 Å². The molecule has 1 heterocycles. The maximum atomic E-state index is 5.69. The molecule has 26 heavy (non-hydrogen) atoms. The zero-order valence-electron chi connectivity index (χ0n) is 15.8. The number of methoxy groups -OCH3 is 1. The summed E-state index contributed by atoms with van der Waals surface area (Å²) in [5, 5.41) is 3.37. The van der Waals surface area contributed by atoms with E-state index in [1.165, 1.54) is 0 Å². The van der Waals surface area contributed by atoms with Gasteiger partial charge in [0, 0.05) is 12.0 Å². The van der Waals surface area contributed by atoms with Gasteiger partial charge in [-0.2, -0.15) is 0 Å². The number of benzene rings is 1. The molecule has 1 N–H and O–H groups in total. The van der Waals surface area contributed by atoms with E-state index in [0.717, 1.165) is 49.2 Å². The Morgan fingerprint density at radius 2 is 1.92 bits per heavy atom. The number of rotatable bonds is 11. The number of nitrogens with one attached hydrogen (secondary N) is 1. The van der Waals surface area contributed by atoms with E-state index in [9.17, 15) is 0 Å². The van der Waals surface area contributed by atoms with Crippen molar-refractivity contribution < 1.29 is 14.2 Å². The Morgan fingerprint density at radius 3 is 2.69 bits per heavy atom. The van der Waals surface area contributed by atoms with Gasteiger partial charge in [-0.1, -0.05) is 43.0 Å². The van der Waals surface area contributed by atoms with Crippen LogP contribution in [0.5, 0.6) is 5.75 Å². The third-order valence-corrected chi connectivity index (χ3v) is 4.52. The Kier molecular flexibility index (Phi) is 9.01. The Balaban J connectivity index is 1.57. The molecule has 1 aliphatic rings. The van der Waals surface area contributed by atoms with Crippen LogP contribution in [0.3, 0.4) is 0 Å². The topological polar surface area (TPSA) is 39.7 Å². The fraction of sp³-hybridized carbons (Fsp3) is 0.455. The molecule has 0 amide bonds. The van der Waals surface area contributed by atoms with Crippen molar-refractivity contribution in [2.24, 2.45) is 5.92 Å². The van der Waals surface area contributed by atoms with Gasteiger partial charge in [-0.15, -0.1) is 0 Å². The summed E-state index contributed by atoms with van der Waals surface area (Å²) in [6, 6.07) is 7.89. The van der Waals surface area contributed by atoms with Crippen LogP contribution in [0.25, 0.3) is 0 Å². The van der Waals surface area contributed by atoms with Gasteiger partial charge < -0.3 is 19.5 Å². The molecule has 142 valence electrons. The summed E-state index contributed by atoms with van der Waals surface area (Å²) in [5.74, 6) is 2.10. The van der Waals surface area contributed by atoms with Crippen LogP contribution in [0.2, 0.25) is 0 Å². The molecular formula is C22H31NO3. The lowest BCUT2D eigenvalue weighted by Crippen LogP contribution is -2.28. The Labute approximate surface area is 157 Å². The second-order valence-corrected chi connectivity index (χ2v) is 6.47. The molecule has 0 bridgehead atoms. The molecule has 1 aromatic rings. The molecule has 1 aromatic carbocycles. The highest BCUT2D eigenvalue weighted by Gasteiger charge is 2.14. The molecule has 0 aliphatic carbocycles. The van der Waals surface area contributed by atoms with E-state index in [0.29, 0.717) is 31.5 Å². The number of hydrogen-bond donors (Lipinski definition) is 1. The van der Waals surface area contributed by atoms with Gasteiger partial charge in [0.25, 0.3) is 0 Å². The molecule has 1 saturated heterocycles. The first kappa shape index (κ1) is 20.3. The van der Waals surface area contributed by atoms with Crippen molar-refractivity contribution >= 4 is 0 Å². The monoisotopic (exact) mass is 357 g/mol. The summed E-state index contributed by atoms with van der Waals surface area (Å²) in [6.45, 7) is 12.0. The SMILES string of the molecule is C=C(/C=C\C(=C)C1CCNCC1)OCCCOCc1ccccc1OC. The summed E-state index contributed by atoms with van der Waals surface area (Å²) < 4.78 is 16.6. The van der Waals surface area contributed by atoms with E-state index >= 15 is 0 Å². The van der Waals surface area contributed by atoms with Gasteiger partial charge in [0.1, 0.15) is 11.5 Å². The predicted molar refractivity (Wildman–Crippen MR) is 106 cm³/mol. The first-order chi connectivity index (χ1) is 12.7. The fourth-order valence-corrected chi connectivity index (χ4v) is 2.95. The van der Waals surface area contributed by atoms with E-state index in [1.54, 1.807) is 7.11 Å². The Morgan fingerprint density at radius 1 is 1.15 bits per heavy atom. The maximum Gasteiger partial charge on any atom is 0.124 e. The summed E-state index contributed by atoms with van der Waals surface area (Å²) in [7, 11) is 1.67. The van der Waals surface area contributed by atoms with Crippen LogP contribution in [-0.4, -0.2) is 33.4 Å². The minimum Gasteiger partial charge on any atom is -0.496 e. The van der Waals surface area contributed by atoms with Crippen LogP contribution >= 0.6 is 0 Å². The van der Waals surface area contributed by atoms with Gasteiger partial charge in [0.2, 0.25) is 0 Å². The van der Waals surface area contributed by atoms with Gasteiger partial charge in [0.05, 0.1) is 26.9 Å². The van der Waals surface area contributed by atoms with Crippen LogP contribution < -0.4 is 10.1 Å². The first-order valence-electron chi connectivity index (χ1n) is 9.29. The molecule has 0 radical (unpaired) electrons. The van der Waals surface area contributed by atoms with E-state index in [1.807, 2.05) is 36.4 Å². The van der Waals surface area contributed by atoms with Crippen LogP contribution in [0.15, 0.2) is 60.9 Å². The van der Waals surface area contributed by atoms with Crippen molar-refractivity contribution in [2.45, 2.75) is 25.9 Å². The molecular weight excluding hydrogens is 326 g/mol. The number of hydrogen-bond acceptors (Lipinski definition) is 4. The number of piperidine rings is 1. The van der Waals surface area contributed by atoms with Crippen LogP contribution in [0, 0.1) is 5.92 Å². The fourth-order valence-electron chi connectivity index (χ4n) is 2.95. The van der Waals surface area contributed by atoms with Crippen molar-refractivity contribution in [3.05, 3.63) is 66.5 Å². The van der Waals surface area contributed by atoms with Gasteiger partial charge in [0.15, 0.2) is 0 Å². The highest BCUT2D eigenvalue weighted by molar-refractivity contribution is 5.32. The molecule has 4 heteroatoms. The average molecular weight is 357 g/mol. The van der Waals surface area contributed by atoms with E-state index in [2.05, 4.69) is 18.5 Å². The van der Waals surface area contributed by atoms with Gasteiger partial charge in [-0.05, 0) is 44.0 Å². The summed E-state index contributed by atoms with van der Waals surface area (Å²) >= 11 is 0. The third kappa shape index (κ3) is 7.06. The molecule has 0 aromatic heterocycles. The second kappa shape index (κ2) is 11.6. The zero-order chi connectivity index (χ0) is 18.6. The standard InChI is InChI=1S/C22H31NO3/c1-18(20-11-13-23-14-12-20)9-10-19(2)26-16-6-15-25-17-21-7-4-5-8-22(21)24-3/h4-5,7-10,20,23H,1-2,6,11-17H2,3H3/b10-9-. The minimum absolute atomic E-state index is 0.543. The lowest BCUT2D eigenvalue weighted by molar-refractivity contribution is 0.0964. The van der Waals surface area contributed by atoms with Crippen molar-refractivity contribution in [2.75, 3.05) is 33.4 Å². The summed E-state index contributed by atoms with van der Waals surface area (Å²) in [5.41, 5.74) is 2.22. The Bertz CT molecular complexity index is 603. The lowest BCUT2D eigenvalue weighted by Gasteiger charge is -2.23. The first-order valence-corrected chi connectivity index (χ1v) is 9.29. The van der Waals surface area contributed by atoms with Crippen LogP contribution in [0.4, 0.5) is 0 Å². The van der Waals surface area contributed by atoms with Gasteiger partial charge >= 0.3 is 0 Å². The molecule has 0 saturated carbocycles. The molecule has 1 aliphatic heterocycles. The maximum absolute atomic E-state index is 5.69. The normalized spacial score (nSPS) is 15.1. The molecule has 0 unspecified atom stereocenters. The second-order valence-electron chi connectivity index (χ2n) is 6.47. The van der Waals surface area contributed by atoms with E-state index in [4.69, 9.17) is 14.2 Å². The molecule has 4 nitrogen and oxygen atoms in total. The largest absolute Gasteiger partial charge is 0.496 e. The number of para-hydroxylation sites is 1. The van der Waals surface area contributed by atoms with Crippen LogP contribution in [0.1, 0.15) is 24.8 Å².